The standard InChI is InChI=1S/C25H27Cl2N5O6S/c1-28-39(35,36)30-20-6-4-5-15(23(20)27)11-17-18(14-32-9-7-29-8-10-32)16-12-19(26)22(38-25(34)31(2)3)13-21(16)37-24(17)33/h5,12-13,28-30H,7-11,14H2,1-3H3. The zero-order valence-electron chi connectivity index (χ0n) is 21.5. The van der Waals surface area contributed by atoms with Crippen molar-refractivity contribution in [3.8, 4) is 5.75 Å². The highest BCUT2D eigenvalue weighted by molar-refractivity contribution is 7.90. The number of ether oxygens (including phenoxy) is 1. The number of nitrogens with one attached hydrogen (secondary N) is 3. The van der Waals surface area contributed by atoms with E-state index in [1.807, 2.05) is 0 Å². The maximum atomic E-state index is 13.4. The number of carbonyl (C=O) groups excluding carboxylic acids is 1. The van der Waals surface area contributed by atoms with Crippen molar-refractivity contribution in [1.29, 1.82) is 0 Å². The van der Waals surface area contributed by atoms with E-state index >= 15 is 0 Å². The van der Waals surface area contributed by atoms with Gasteiger partial charge in [0, 0.05) is 77.3 Å². The molecule has 1 saturated heterocycles. The summed E-state index contributed by atoms with van der Waals surface area (Å²) in [6.07, 6.45) is -0.597. The van der Waals surface area contributed by atoms with Gasteiger partial charge in [0.2, 0.25) is 0 Å². The van der Waals surface area contributed by atoms with Crippen molar-refractivity contribution in [3.05, 3.63) is 67.5 Å². The average Bonchev–Trinajstić information content (AvgIpc) is 2.89. The summed E-state index contributed by atoms with van der Waals surface area (Å²) in [5.74, 6) is 0.0598. The second kappa shape index (κ2) is 12.0. The lowest BCUT2D eigenvalue weighted by molar-refractivity contribution is 0.172. The average molecular weight is 596 g/mol. The van der Waals surface area contributed by atoms with Gasteiger partial charge in [-0.3, -0.25) is 9.62 Å². The molecule has 3 aromatic rings. The van der Waals surface area contributed by atoms with Gasteiger partial charge in [0.25, 0.3) is 10.2 Å². The number of amides is 1. The Hall–Kier alpha value is -3.05. The van der Waals surface area contributed by atoms with Gasteiger partial charge >= 0.3 is 11.7 Å². The van der Waals surface area contributed by atoms with Crippen molar-refractivity contribution in [2.45, 2.75) is 13.0 Å². The molecular formula is C25H27Cl2N5O6S. The van der Waals surface area contributed by atoms with Gasteiger partial charge in [-0.1, -0.05) is 29.3 Å². The fraction of sp³-hybridized carbons (Fsp3) is 0.360. The zero-order valence-corrected chi connectivity index (χ0v) is 23.8. The predicted molar refractivity (Wildman–Crippen MR) is 149 cm³/mol. The van der Waals surface area contributed by atoms with Crippen LogP contribution in [0.15, 0.2) is 27.4 Å². The van der Waals surface area contributed by atoms with Gasteiger partial charge in [-0.2, -0.15) is 8.42 Å². The van der Waals surface area contributed by atoms with Crippen molar-refractivity contribution >= 4 is 56.2 Å². The maximum absolute atomic E-state index is 13.4. The minimum Gasteiger partial charge on any atom is -0.422 e. The Morgan fingerprint density at radius 3 is 2.62 bits per heavy atom. The maximum Gasteiger partial charge on any atom is 0.414 e. The Labute approximate surface area is 236 Å². The van der Waals surface area contributed by atoms with Crippen LogP contribution in [0.3, 0.4) is 0 Å². The minimum absolute atomic E-state index is 0.00672. The molecule has 1 aliphatic rings. The number of rotatable bonds is 8. The van der Waals surface area contributed by atoms with Crippen LogP contribution < -0.4 is 25.1 Å². The lowest BCUT2D eigenvalue weighted by Crippen LogP contribution is -2.43. The van der Waals surface area contributed by atoms with Gasteiger partial charge in [0.1, 0.15) is 11.3 Å². The molecule has 208 valence electrons. The normalized spacial score (nSPS) is 14.2. The van der Waals surface area contributed by atoms with Crippen molar-refractivity contribution < 1.29 is 22.4 Å². The molecule has 1 amide bonds. The highest BCUT2D eigenvalue weighted by atomic mass is 35.5. The van der Waals surface area contributed by atoms with Crippen LogP contribution in [0.5, 0.6) is 5.75 Å². The number of piperazine rings is 1. The largest absolute Gasteiger partial charge is 0.422 e. The van der Waals surface area contributed by atoms with E-state index in [1.54, 1.807) is 6.07 Å². The van der Waals surface area contributed by atoms with E-state index in [-0.39, 0.29) is 33.5 Å². The highest BCUT2D eigenvalue weighted by Gasteiger charge is 2.23. The summed E-state index contributed by atoms with van der Waals surface area (Å²) >= 11 is 13.0. The molecule has 14 heteroatoms. The van der Waals surface area contributed by atoms with Crippen LogP contribution in [0.1, 0.15) is 16.7 Å². The van der Waals surface area contributed by atoms with Gasteiger partial charge < -0.3 is 19.4 Å². The molecule has 39 heavy (non-hydrogen) atoms. The smallest absolute Gasteiger partial charge is 0.414 e. The third kappa shape index (κ3) is 6.75. The summed E-state index contributed by atoms with van der Waals surface area (Å²) in [5, 5.41) is 4.13. The molecule has 2 aromatic carbocycles. The van der Waals surface area contributed by atoms with E-state index in [9.17, 15) is 18.0 Å². The molecule has 1 aromatic heterocycles. The Kier molecular flexibility index (Phi) is 8.90. The number of anilines is 1. The summed E-state index contributed by atoms with van der Waals surface area (Å²) in [6.45, 7) is 3.54. The number of hydrogen-bond donors (Lipinski definition) is 3. The van der Waals surface area contributed by atoms with Crippen LogP contribution in [0.4, 0.5) is 10.5 Å². The summed E-state index contributed by atoms with van der Waals surface area (Å²) < 4.78 is 39.4. The quantitative estimate of drug-likeness (QED) is 0.338. The van der Waals surface area contributed by atoms with Gasteiger partial charge in [-0.05, 0) is 29.3 Å². The number of hydrogen-bond acceptors (Lipinski definition) is 8. The highest BCUT2D eigenvalue weighted by Crippen LogP contribution is 2.34. The zero-order chi connectivity index (χ0) is 28.3. The third-order valence-corrected chi connectivity index (χ3v) is 7.88. The summed E-state index contributed by atoms with van der Waals surface area (Å²) in [7, 11) is 0.472. The van der Waals surface area contributed by atoms with Crippen LogP contribution in [-0.4, -0.2) is 71.6 Å². The van der Waals surface area contributed by atoms with Gasteiger partial charge in [-0.15, -0.1) is 0 Å². The number of halogens is 2. The molecule has 0 unspecified atom stereocenters. The Morgan fingerprint density at radius 1 is 1.23 bits per heavy atom. The summed E-state index contributed by atoms with van der Waals surface area (Å²) in [6, 6.07) is 9.97. The van der Waals surface area contributed by atoms with E-state index in [0.717, 1.165) is 26.2 Å². The van der Waals surface area contributed by atoms with Crippen LogP contribution in [0.25, 0.3) is 11.0 Å². The molecule has 3 N–H and O–H groups in total. The molecule has 1 fully saturated rings. The van der Waals surface area contributed by atoms with Gasteiger partial charge in [-0.25, -0.2) is 14.3 Å². The van der Waals surface area contributed by atoms with Crippen molar-refractivity contribution in [1.82, 2.24) is 19.8 Å². The lowest BCUT2D eigenvalue weighted by Gasteiger charge is -2.28. The number of fused-ring (bicyclic) bond motifs is 1. The molecule has 0 atom stereocenters. The minimum atomic E-state index is -3.85. The first-order valence-electron chi connectivity index (χ1n) is 11.9. The first-order chi connectivity index (χ1) is 18.5. The summed E-state index contributed by atoms with van der Waals surface area (Å²) in [5.41, 5.74) is 1.05. The van der Waals surface area contributed by atoms with Crippen molar-refractivity contribution in [2.75, 3.05) is 52.0 Å². The lowest BCUT2D eigenvalue weighted by atomic mass is 9.97. The van der Waals surface area contributed by atoms with E-state index in [1.165, 1.54) is 38.2 Å². The second-order valence-corrected chi connectivity index (χ2v) is 11.4. The van der Waals surface area contributed by atoms with E-state index in [4.69, 9.17) is 32.4 Å². The molecule has 0 radical (unpaired) electrons. The monoisotopic (exact) mass is 595 g/mol. The van der Waals surface area contributed by atoms with Gasteiger partial charge in [0.05, 0.1) is 10.0 Å². The van der Waals surface area contributed by atoms with Crippen LogP contribution in [0.2, 0.25) is 10.0 Å². The SMILES string of the molecule is CNS(=O)(=O)Nc1c#ccc(Cc2c(CN3CCNCC3)c3cc(Cl)c(OC(=O)N(C)C)cc3oc2=O)c1Cl. The first-order valence-corrected chi connectivity index (χ1v) is 14.1. The molecule has 4 rings (SSSR count). The molecule has 0 spiro atoms. The van der Waals surface area contributed by atoms with Crippen LogP contribution in [0, 0.1) is 12.1 Å². The molecule has 0 bridgehead atoms. The molecule has 11 nitrogen and oxygen atoms in total. The van der Waals surface area contributed by atoms with E-state index in [0.29, 0.717) is 28.6 Å². The van der Waals surface area contributed by atoms with Crippen molar-refractivity contribution in [2.24, 2.45) is 0 Å². The van der Waals surface area contributed by atoms with Crippen molar-refractivity contribution in [3.63, 3.8) is 0 Å². The Morgan fingerprint density at radius 2 is 1.95 bits per heavy atom. The number of benzene rings is 1. The Bertz CT molecular complexity index is 1550. The molecular weight excluding hydrogens is 569 g/mol. The topological polar surface area (TPSA) is 133 Å². The number of nitrogens with zero attached hydrogens (tertiary/aromatic N) is 2. The first kappa shape index (κ1) is 28.9. The summed E-state index contributed by atoms with van der Waals surface area (Å²) in [4.78, 5) is 28.9. The van der Waals surface area contributed by atoms with Crippen LogP contribution >= 0.6 is 23.2 Å². The van der Waals surface area contributed by atoms with Gasteiger partial charge in [0.15, 0.2) is 5.75 Å². The number of carbonyl (C=O) groups is 1. The Balaban J connectivity index is 1.82. The second-order valence-electron chi connectivity index (χ2n) is 9.03. The van der Waals surface area contributed by atoms with E-state index < -0.39 is 21.9 Å². The molecule has 0 saturated carbocycles. The molecule has 2 heterocycles. The fourth-order valence-electron chi connectivity index (χ4n) is 4.07. The predicted octanol–water partition coefficient (Wildman–Crippen LogP) is 2.63. The third-order valence-electron chi connectivity index (χ3n) is 6.14. The molecule has 0 aliphatic carbocycles. The van der Waals surface area contributed by atoms with Crippen LogP contribution in [-0.2, 0) is 23.2 Å². The van der Waals surface area contributed by atoms with E-state index in [2.05, 4.69) is 31.8 Å². The fourth-order valence-corrected chi connectivity index (χ4v) is 5.07. The molecule has 1 aliphatic heterocycles.